The molecule has 0 saturated heterocycles. The summed E-state index contributed by atoms with van der Waals surface area (Å²) in [6.45, 7) is 6.65. The molecule has 0 saturated carbocycles. The molecule has 2 heterocycles. The first-order chi connectivity index (χ1) is 13.5. The second-order valence-corrected chi connectivity index (χ2v) is 8.65. The molecule has 0 fully saturated rings. The van der Waals surface area contributed by atoms with Crippen molar-refractivity contribution in [2.75, 3.05) is 7.11 Å². The van der Waals surface area contributed by atoms with Gasteiger partial charge in [0.15, 0.2) is 0 Å². The molecule has 2 aliphatic rings. The van der Waals surface area contributed by atoms with Crippen LogP contribution >= 0.6 is 0 Å². The molecule has 1 aromatic heterocycles. The maximum Gasteiger partial charge on any atom is 0.135 e. The number of allylic oxidation sites excluding steroid dienone is 2. The van der Waals surface area contributed by atoms with Crippen LogP contribution in [0.15, 0.2) is 58.5 Å². The smallest absolute Gasteiger partial charge is 0.135 e. The number of hydrogen-bond donors (Lipinski definition) is 0. The molecule has 3 heteroatoms. The highest BCUT2D eigenvalue weighted by Gasteiger charge is 2.46. The molecule has 1 aliphatic heterocycles. The molecule has 1 aliphatic carbocycles. The van der Waals surface area contributed by atoms with Crippen molar-refractivity contribution in [2.45, 2.75) is 45.1 Å². The van der Waals surface area contributed by atoms with Gasteiger partial charge in [0.25, 0.3) is 0 Å². The molecule has 2 aromatic carbocycles. The lowest BCUT2D eigenvalue weighted by Gasteiger charge is -2.47. The normalized spacial score (nSPS) is 22.8. The van der Waals surface area contributed by atoms with Crippen LogP contribution in [0.4, 0.5) is 0 Å². The highest BCUT2D eigenvalue weighted by atomic mass is 16.5. The van der Waals surface area contributed by atoms with E-state index in [4.69, 9.17) is 13.9 Å². The van der Waals surface area contributed by atoms with E-state index in [1.165, 1.54) is 11.1 Å². The SMILES string of the molecule is COc1cc(-c2cc3ccccc3o2)cc2c1[C@H]1CC(C)=CC[C@@H]1C(C)(C)O2. The summed E-state index contributed by atoms with van der Waals surface area (Å²) in [5.74, 6) is 3.53. The minimum absolute atomic E-state index is 0.216. The van der Waals surface area contributed by atoms with Gasteiger partial charge in [-0.05, 0) is 57.9 Å². The maximum absolute atomic E-state index is 6.55. The predicted octanol–water partition coefficient (Wildman–Crippen LogP) is 6.72. The molecule has 28 heavy (non-hydrogen) atoms. The van der Waals surface area contributed by atoms with Crippen LogP contribution in [-0.4, -0.2) is 12.7 Å². The van der Waals surface area contributed by atoms with E-state index in [0.29, 0.717) is 11.8 Å². The van der Waals surface area contributed by atoms with E-state index in [2.05, 4.69) is 51.1 Å². The van der Waals surface area contributed by atoms with Crippen LogP contribution in [0.25, 0.3) is 22.3 Å². The summed E-state index contributed by atoms with van der Waals surface area (Å²) in [4.78, 5) is 0. The highest BCUT2D eigenvalue weighted by Crippen LogP contribution is 2.55. The second kappa shape index (κ2) is 6.16. The van der Waals surface area contributed by atoms with Crippen molar-refractivity contribution in [3.05, 3.63) is 59.7 Å². The lowest BCUT2D eigenvalue weighted by Crippen LogP contribution is -2.45. The number of fused-ring (bicyclic) bond motifs is 4. The van der Waals surface area contributed by atoms with Crippen LogP contribution in [-0.2, 0) is 0 Å². The van der Waals surface area contributed by atoms with Gasteiger partial charge in [-0.3, -0.25) is 0 Å². The third-order valence-corrected chi connectivity index (χ3v) is 6.42. The fourth-order valence-electron chi connectivity index (χ4n) is 4.98. The molecular formula is C25H26O3. The van der Waals surface area contributed by atoms with Gasteiger partial charge in [0.05, 0.1) is 7.11 Å². The Bertz CT molecular complexity index is 1050. The van der Waals surface area contributed by atoms with Crippen molar-refractivity contribution in [3.8, 4) is 22.8 Å². The number of rotatable bonds is 2. The second-order valence-electron chi connectivity index (χ2n) is 8.65. The van der Waals surface area contributed by atoms with E-state index < -0.39 is 0 Å². The number of methoxy groups -OCH3 is 1. The summed E-state index contributed by atoms with van der Waals surface area (Å²) >= 11 is 0. The third-order valence-electron chi connectivity index (χ3n) is 6.42. The molecule has 5 rings (SSSR count). The molecule has 0 radical (unpaired) electrons. The van der Waals surface area contributed by atoms with Gasteiger partial charge in [-0.1, -0.05) is 29.8 Å². The minimum Gasteiger partial charge on any atom is -0.496 e. The van der Waals surface area contributed by atoms with E-state index in [9.17, 15) is 0 Å². The summed E-state index contributed by atoms with van der Waals surface area (Å²) < 4.78 is 18.5. The van der Waals surface area contributed by atoms with Gasteiger partial charge >= 0.3 is 0 Å². The third kappa shape index (κ3) is 2.64. The fourth-order valence-corrected chi connectivity index (χ4v) is 4.98. The molecule has 0 bridgehead atoms. The van der Waals surface area contributed by atoms with Gasteiger partial charge in [-0.15, -0.1) is 0 Å². The lowest BCUT2D eigenvalue weighted by atomic mass is 9.67. The van der Waals surface area contributed by atoms with Gasteiger partial charge in [0.2, 0.25) is 0 Å². The largest absolute Gasteiger partial charge is 0.496 e. The molecule has 3 aromatic rings. The average molecular weight is 374 g/mol. The number of hydrogen-bond acceptors (Lipinski definition) is 3. The van der Waals surface area contributed by atoms with Crippen molar-refractivity contribution in [1.29, 1.82) is 0 Å². The summed E-state index contributed by atoms with van der Waals surface area (Å²) in [6, 6.07) is 14.4. The number of furan rings is 1. The van der Waals surface area contributed by atoms with E-state index >= 15 is 0 Å². The molecule has 144 valence electrons. The Kier molecular flexibility index (Phi) is 3.84. The highest BCUT2D eigenvalue weighted by molar-refractivity contribution is 5.83. The Hall–Kier alpha value is -2.68. The summed E-state index contributed by atoms with van der Waals surface area (Å²) in [5, 5.41) is 1.10. The summed E-state index contributed by atoms with van der Waals surface area (Å²) in [5.41, 5.74) is 4.33. The quantitative estimate of drug-likeness (QED) is 0.467. The fraction of sp³-hybridized carbons (Fsp3) is 0.360. The molecule has 3 nitrogen and oxygen atoms in total. The maximum atomic E-state index is 6.55. The molecule has 0 spiro atoms. The van der Waals surface area contributed by atoms with Gasteiger partial charge in [0.1, 0.15) is 28.4 Å². The van der Waals surface area contributed by atoms with Gasteiger partial charge in [-0.25, -0.2) is 0 Å². The van der Waals surface area contributed by atoms with Crippen molar-refractivity contribution < 1.29 is 13.9 Å². The van der Waals surface area contributed by atoms with Crippen molar-refractivity contribution in [1.82, 2.24) is 0 Å². The number of benzene rings is 2. The average Bonchev–Trinajstić information content (AvgIpc) is 3.10. The minimum atomic E-state index is -0.216. The first kappa shape index (κ1) is 17.4. The monoisotopic (exact) mass is 374 g/mol. The molecule has 0 amide bonds. The molecular weight excluding hydrogens is 348 g/mol. The number of ether oxygens (including phenoxy) is 2. The van der Waals surface area contributed by atoms with Gasteiger partial charge in [-0.2, -0.15) is 0 Å². The standard InChI is InChI=1S/C25H26O3/c1-15-9-10-19-18(11-15)24-22(26-4)13-17(14-23(24)28-25(19,2)3)21-12-16-7-5-6-8-20(16)27-21/h5-9,12-14,18-19H,10-11H2,1-4H3/t18-,19-/m0/s1. The van der Waals surface area contributed by atoms with Crippen LogP contribution < -0.4 is 9.47 Å². The van der Waals surface area contributed by atoms with Gasteiger partial charge < -0.3 is 13.9 Å². The Labute approximate surface area is 166 Å². The Morgan fingerprint density at radius 3 is 2.71 bits per heavy atom. The van der Waals surface area contributed by atoms with Crippen molar-refractivity contribution in [2.24, 2.45) is 5.92 Å². The Balaban J connectivity index is 1.67. The van der Waals surface area contributed by atoms with E-state index in [-0.39, 0.29) is 5.60 Å². The van der Waals surface area contributed by atoms with E-state index in [0.717, 1.165) is 46.6 Å². The zero-order valence-corrected chi connectivity index (χ0v) is 16.9. The molecule has 0 unspecified atom stereocenters. The van der Waals surface area contributed by atoms with Crippen LogP contribution in [0.5, 0.6) is 11.5 Å². The Morgan fingerprint density at radius 2 is 1.93 bits per heavy atom. The number of para-hydroxylation sites is 1. The zero-order valence-electron chi connectivity index (χ0n) is 16.9. The van der Waals surface area contributed by atoms with Crippen molar-refractivity contribution >= 4 is 11.0 Å². The Morgan fingerprint density at radius 1 is 1.11 bits per heavy atom. The first-order valence-corrected chi connectivity index (χ1v) is 10.0. The first-order valence-electron chi connectivity index (χ1n) is 10.0. The van der Waals surface area contributed by atoms with Crippen LogP contribution in [0.2, 0.25) is 0 Å². The van der Waals surface area contributed by atoms with Crippen LogP contribution in [0.3, 0.4) is 0 Å². The van der Waals surface area contributed by atoms with Gasteiger partial charge in [0, 0.05) is 28.3 Å². The van der Waals surface area contributed by atoms with Crippen molar-refractivity contribution in [3.63, 3.8) is 0 Å². The lowest BCUT2D eigenvalue weighted by molar-refractivity contribution is 0.00763. The van der Waals surface area contributed by atoms with Crippen LogP contribution in [0.1, 0.15) is 45.1 Å². The molecule has 0 N–H and O–H groups in total. The molecule has 2 atom stereocenters. The summed E-state index contributed by atoms with van der Waals surface area (Å²) in [7, 11) is 1.75. The van der Waals surface area contributed by atoms with E-state index in [1.54, 1.807) is 7.11 Å². The zero-order chi connectivity index (χ0) is 19.5. The predicted molar refractivity (Wildman–Crippen MR) is 112 cm³/mol. The van der Waals surface area contributed by atoms with Crippen LogP contribution in [0, 0.1) is 5.92 Å². The topological polar surface area (TPSA) is 31.6 Å². The van der Waals surface area contributed by atoms with E-state index in [1.807, 2.05) is 18.2 Å². The summed E-state index contributed by atoms with van der Waals surface area (Å²) in [6.07, 6.45) is 4.48.